The quantitative estimate of drug-likeness (QED) is 0.0442. The van der Waals surface area contributed by atoms with E-state index in [0.29, 0.717) is 6.42 Å². The van der Waals surface area contributed by atoms with Crippen LogP contribution in [0.5, 0.6) is 0 Å². The van der Waals surface area contributed by atoms with Crippen LogP contribution in [0.3, 0.4) is 0 Å². The SMILES string of the molecule is CC/C=C\C/C=C\CCCCCCCCCCCCCCCCC(=O)NC(CO)C(O)/C=C/CC/C=C/CCCCCCCCCCCCC. The number of aliphatic hydroxyl groups is 2. The van der Waals surface area contributed by atoms with E-state index >= 15 is 0 Å². The van der Waals surface area contributed by atoms with E-state index in [1.54, 1.807) is 6.08 Å². The number of hydrogen-bond acceptors (Lipinski definition) is 3. The highest BCUT2D eigenvalue weighted by molar-refractivity contribution is 5.76. The van der Waals surface area contributed by atoms with Gasteiger partial charge >= 0.3 is 0 Å². The van der Waals surface area contributed by atoms with Crippen molar-refractivity contribution in [2.75, 3.05) is 6.61 Å². The van der Waals surface area contributed by atoms with Gasteiger partial charge in [0.2, 0.25) is 5.91 Å². The maximum Gasteiger partial charge on any atom is 0.220 e. The molecular formula is C46H85NO3. The molecule has 0 aliphatic carbocycles. The largest absolute Gasteiger partial charge is 0.394 e. The van der Waals surface area contributed by atoms with Gasteiger partial charge in [0.05, 0.1) is 18.8 Å². The van der Waals surface area contributed by atoms with E-state index in [-0.39, 0.29) is 12.5 Å². The van der Waals surface area contributed by atoms with Gasteiger partial charge in [-0.2, -0.15) is 0 Å². The summed E-state index contributed by atoms with van der Waals surface area (Å²) in [4.78, 5) is 12.4. The lowest BCUT2D eigenvalue weighted by Gasteiger charge is -2.19. The summed E-state index contributed by atoms with van der Waals surface area (Å²) in [6.45, 7) is 4.20. The molecule has 2 atom stereocenters. The predicted molar refractivity (Wildman–Crippen MR) is 221 cm³/mol. The number of hydrogen-bond donors (Lipinski definition) is 3. The Hall–Kier alpha value is -1.65. The van der Waals surface area contributed by atoms with E-state index in [4.69, 9.17) is 0 Å². The van der Waals surface area contributed by atoms with Crippen molar-refractivity contribution in [2.45, 2.75) is 231 Å². The molecule has 4 heteroatoms. The highest BCUT2D eigenvalue weighted by Crippen LogP contribution is 2.15. The summed E-state index contributed by atoms with van der Waals surface area (Å²) in [7, 11) is 0. The number of carbonyl (C=O) groups excluding carboxylic acids is 1. The van der Waals surface area contributed by atoms with Crippen LogP contribution in [0.15, 0.2) is 48.6 Å². The fourth-order valence-electron chi connectivity index (χ4n) is 6.47. The van der Waals surface area contributed by atoms with Crippen LogP contribution in [0.25, 0.3) is 0 Å². The van der Waals surface area contributed by atoms with Gasteiger partial charge in [-0.05, 0) is 57.8 Å². The second-order valence-electron chi connectivity index (χ2n) is 14.7. The molecule has 0 saturated carbocycles. The first-order chi connectivity index (χ1) is 24.7. The predicted octanol–water partition coefficient (Wildman–Crippen LogP) is 13.6. The lowest BCUT2D eigenvalue weighted by molar-refractivity contribution is -0.123. The van der Waals surface area contributed by atoms with Gasteiger partial charge in [-0.25, -0.2) is 0 Å². The summed E-state index contributed by atoms with van der Waals surface area (Å²) in [5.41, 5.74) is 0. The Kier molecular flexibility index (Phi) is 40.4. The summed E-state index contributed by atoms with van der Waals surface area (Å²) in [5, 5.41) is 23.0. The first-order valence-corrected chi connectivity index (χ1v) is 21.9. The van der Waals surface area contributed by atoms with Crippen LogP contribution < -0.4 is 5.32 Å². The smallest absolute Gasteiger partial charge is 0.220 e. The number of carbonyl (C=O) groups is 1. The van der Waals surface area contributed by atoms with E-state index in [0.717, 1.165) is 44.9 Å². The number of nitrogens with one attached hydrogen (secondary N) is 1. The van der Waals surface area contributed by atoms with Crippen molar-refractivity contribution in [1.29, 1.82) is 0 Å². The molecule has 0 aliphatic rings. The third-order valence-corrected chi connectivity index (χ3v) is 9.80. The minimum atomic E-state index is -0.861. The maximum atomic E-state index is 12.4. The highest BCUT2D eigenvalue weighted by atomic mass is 16.3. The molecule has 0 aliphatic heterocycles. The van der Waals surface area contributed by atoms with Crippen molar-refractivity contribution in [2.24, 2.45) is 0 Å². The molecule has 4 nitrogen and oxygen atoms in total. The van der Waals surface area contributed by atoms with Gasteiger partial charge in [0.1, 0.15) is 0 Å². The Morgan fingerprint density at radius 1 is 0.500 bits per heavy atom. The molecule has 0 radical (unpaired) electrons. The van der Waals surface area contributed by atoms with Gasteiger partial charge in [-0.15, -0.1) is 0 Å². The van der Waals surface area contributed by atoms with Crippen molar-refractivity contribution >= 4 is 5.91 Å². The van der Waals surface area contributed by atoms with Crippen molar-refractivity contribution in [3.05, 3.63) is 48.6 Å². The molecule has 292 valence electrons. The molecule has 0 spiro atoms. The van der Waals surface area contributed by atoms with Crippen LogP contribution in [-0.2, 0) is 4.79 Å². The molecule has 50 heavy (non-hydrogen) atoms. The Labute approximate surface area is 312 Å². The molecule has 0 fully saturated rings. The Morgan fingerprint density at radius 3 is 1.38 bits per heavy atom. The van der Waals surface area contributed by atoms with E-state index < -0.39 is 12.1 Å². The van der Waals surface area contributed by atoms with E-state index in [1.165, 1.54) is 154 Å². The van der Waals surface area contributed by atoms with Gasteiger partial charge in [0, 0.05) is 6.42 Å². The van der Waals surface area contributed by atoms with E-state index in [2.05, 4.69) is 55.6 Å². The van der Waals surface area contributed by atoms with Gasteiger partial charge < -0.3 is 15.5 Å². The van der Waals surface area contributed by atoms with Gasteiger partial charge in [-0.1, -0.05) is 204 Å². The molecule has 0 aromatic rings. The van der Waals surface area contributed by atoms with Crippen molar-refractivity contribution in [3.63, 3.8) is 0 Å². The zero-order chi connectivity index (χ0) is 36.4. The van der Waals surface area contributed by atoms with E-state index in [1.807, 2.05) is 6.08 Å². The van der Waals surface area contributed by atoms with Gasteiger partial charge in [0.25, 0.3) is 0 Å². The fourth-order valence-corrected chi connectivity index (χ4v) is 6.47. The number of rotatable bonds is 39. The van der Waals surface area contributed by atoms with Crippen LogP contribution in [-0.4, -0.2) is 34.9 Å². The van der Waals surface area contributed by atoms with Crippen LogP contribution in [0.2, 0.25) is 0 Å². The molecule has 3 N–H and O–H groups in total. The van der Waals surface area contributed by atoms with Crippen molar-refractivity contribution < 1.29 is 15.0 Å². The molecular weight excluding hydrogens is 615 g/mol. The minimum absolute atomic E-state index is 0.0749. The summed E-state index contributed by atoms with van der Waals surface area (Å²) in [6.07, 6.45) is 56.5. The summed E-state index contributed by atoms with van der Waals surface area (Å²) < 4.78 is 0. The average Bonchev–Trinajstić information content (AvgIpc) is 3.12. The number of aliphatic hydroxyl groups excluding tert-OH is 2. The number of unbranched alkanes of at least 4 members (excludes halogenated alkanes) is 26. The van der Waals surface area contributed by atoms with Crippen molar-refractivity contribution in [3.8, 4) is 0 Å². The van der Waals surface area contributed by atoms with Crippen LogP contribution >= 0.6 is 0 Å². The third-order valence-electron chi connectivity index (χ3n) is 9.80. The third kappa shape index (κ3) is 37.6. The standard InChI is InChI=1S/C46H85NO3/c1-3-5-7-9-11-13-15-17-19-21-22-23-24-26-28-30-32-34-36-38-40-42-46(50)47-44(43-48)45(49)41-39-37-35-33-31-29-27-25-20-18-16-14-12-10-8-6-4-2/h5,7,11,13,31,33,39,41,44-45,48-49H,3-4,6,8-10,12,14-30,32,34-38,40,42-43H2,1-2H3,(H,47,50)/b7-5-,13-11-,33-31+,41-39+. The summed E-state index contributed by atoms with van der Waals surface area (Å²) in [5.74, 6) is -0.0749. The van der Waals surface area contributed by atoms with Crippen LogP contribution in [0, 0.1) is 0 Å². The minimum Gasteiger partial charge on any atom is -0.394 e. The zero-order valence-corrected chi connectivity index (χ0v) is 33.4. The maximum absolute atomic E-state index is 12.4. The first-order valence-electron chi connectivity index (χ1n) is 21.9. The molecule has 0 aromatic heterocycles. The number of allylic oxidation sites excluding steroid dienone is 7. The second kappa shape index (κ2) is 41.8. The average molecular weight is 700 g/mol. The van der Waals surface area contributed by atoms with Crippen molar-refractivity contribution in [1.82, 2.24) is 5.32 Å². The topological polar surface area (TPSA) is 69.6 Å². The second-order valence-corrected chi connectivity index (χ2v) is 14.7. The molecule has 1 amide bonds. The molecule has 0 rings (SSSR count). The van der Waals surface area contributed by atoms with Crippen LogP contribution in [0.1, 0.15) is 219 Å². The molecule has 0 bridgehead atoms. The Bertz CT molecular complexity index is 801. The molecule has 2 unspecified atom stereocenters. The monoisotopic (exact) mass is 700 g/mol. The number of amides is 1. The lowest BCUT2D eigenvalue weighted by atomic mass is 10.0. The highest BCUT2D eigenvalue weighted by Gasteiger charge is 2.17. The fraction of sp³-hybridized carbons (Fsp3) is 0.804. The van der Waals surface area contributed by atoms with E-state index in [9.17, 15) is 15.0 Å². The summed E-state index contributed by atoms with van der Waals surface area (Å²) in [6, 6.07) is -0.638. The lowest BCUT2D eigenvalue weighted by Crippen LogP contribution is -2.45. The zero-order valence-electron chi connectivity index (χ0n) is 33.4. The molecule has 0 aromatic carbocycles. The summed E-state index contributed by atoms with van der Waals surface area (Å²) >= 11 is 0. The van der Waals surface area contributed by atoms with Gasteiger partial charge in [0.15, 0.2) is 0 Å². The molecule has 0 saturated heterocycles. The normalized spacial score (nSPS) is 13.4. The Balaban J connectivity index is 3.59. The first kappa shape index (κ1) is 48.3. The van der Waals surface area contributed by atoms with Crippen LogP contribution in [0.4, 0.5) is 0 Å². The molecule has 0 heterocycles. The Morgan fingerprint density at radius 2 is 0.900 bits per heavy atom. The van der Waals surface area contributed by atoms with Gasteiger partial charge in [-0.3, -0.25) is 4.79 Å².